The van der Waals surface area contributed by atoms with Gasteiger partial charge >= 0.3 is 0 Å². The summed E-state index contributed by atoms with van der Waals surface area (Å²) in [6, 6.07) is 9.88. The van der Waals surface area contributed by atoms with E-state index in [9.17, 15) is 0 Å². The predicted molar refractivity (Wildman–Crippen MR) is 53.4 cm³/mol. The van der Waals surface area contributed by atoms with Crippen molar-refractivity contribution in [1.82, 2.24) is 4.57 Å². The van der Waals surface area contributed by atoms with Gasteiger partial charge in [0.15, 0.2) is 0 Å². The first-order valence-corrected chi connectivity index (χ1v) is 4.27. The van der Waals surface area contributed by atoms with Gasteiger partial charge in [-0.1, -0.05) is 18.2 Å². The first-order valence-electron chi connectivity index (χ1n) is 4.27. The Hall–Kier alpha value is -1.48. The highest BCUT2D eigenvalue weighted by Gasteiger charge is 2.03. The molecule has 0 amide bonds. The molecule has 2 rings (SSSR count). The van der Waals surface area contributed by atoms with Crippen LogP contribution in [0.5, 0.6) is 0 Å². The van der Waals surface area contributed by atoms with E-state index in [1.807, 2.05) is 34.9 Å². The number of fused-ring (bicyclic) bond motifs is 1. The fourth-order valence-corrected chi connectivity index (χ4v) is 1.58. The maximum Gasteiger partial charge on any atom is 0.104 e. The standard InChI is InChI=1S/C10H12N2O/c11-10-7-8-3-1-2-4-9(8)12(10)5-6-13/h1-4,7,13H,5-6,11H2. The molecule has 13 heavy (non-hydrogen) atoms. The van der Waals surface area contributed by atoms with Crippen molar-refractivity contribution >= 4 is 16.7 Å². The Labute approximate surface area is 76.4 Å². The van der Waals surface area contributed by atoms with Crippen LogP contribution in [-0.2, 0) is 6.54 Å². The molecule has 0 unspecified atom stereocenters. The van der Waals surface area contributed by atoms with E-state index in [0.717, 1.165) is 10.9 Å². The van der Waals surface area contributed by atoms with Gasteiger partial charge in [0.05, 0.1) is 6.61 Å². The molecule has 0 aliphatic carbocycles. The van der Waals surface area contributed by atoms with Crippen molar-refractivity contribution in [3.8, 4) is 0 Å². The van der Waals surface area contributed by atoms with Gasteiger partial charge in [-0.3, -0.25) is 0 Å². The van der Waals surface area contributed by atoms with Gasteiger partial charge in [-0.25, -0.2) is 0 Å². The molecule has 0 bridgehead atoms. The SMILES string of the molecule is Nc1cc2ccccc2n1CCO. The van der Waals surface area contributed by atoms with E-state index < -0.39 is 0 Å². The second-order valence-corrected chi connectivity index (χ2v) is 3.00. The Morgan fingerprint density at radius 3 is 2.85 bits per heavy atom. The molecule has 1 heterocycles. The summed E-state index contributed by atoms with van der Waals surface area (Å²) in [6.45, 7) is 0.669. The average molecular weight is 176 g/mol. The number of aliphatic hydroxyl groups is 1. The van der Waals surface area contributed by atoms with Gasteiger partial charge in [0, 0.05) is 17.4 Å². The van der Waals surface area contributed by atoms with Crippen LogP contribution in [0.3, 0.4) is 0 Å². The molecule has 2 aromatic rings. The van der Waals surface area contributed by atoms with Crippen molar-refractivity contribution in [3.63, 3.8) is 0 Å². The summed E-state index contributed by atoms with van der Waals surface area (Å²) in [4.78, 5) is 0. The lowest BCUT2D eigenvalue weighted by Crippen LogP contribution is -2.05. The van der Waals surface area contributed by atoms with E-state index in [1.54, 1.807) is 0 Å². The third-order valence-electron chi connectivity index (χ3n) is 2.17. The first-order chi connectivity index (χ1) is 6.33. The highest BCUT2D eigenvalue weighted by atomic mass is 16.3. The molecule has 3 N–H and O–H groups in total. The predicted octanol–water partition coefficient (Wildman–Crippen LogP) is 1.22. The molecule has 0 fully saturated rings. The Morgan fingerprint density at radius 2 is 2.08 bits per heavy atom. The minimum absolute atomic E-state index is 0.114. The van der Waals surface area contributed by atoms with Crippen molar-refractivity contribution in [1.29, 1.82) is 0 Å². The number of aromatic nitrogens is 1. The topological polar surface area (TPSA) is 51.2 Å². The van der Waals surface area contributed by atoms with Gasteiger partial charge in [0.2, 0.25) is 0 Å². The average Bonchev–Trinajstić information content (AvgIpc) is 2.44. The molecule has 1 aromatic carbocycles. The lowest BCUT2D eigenvalue weighted by Gasteiger charge is -2.04. The highest BCUT2D eigenvalue weighted by molar-refractivity contribution is 5.84. The number of benzene rings is 1. The zero-order valence-electron chi connectivity index (χ0n) is 7.27. The van der Waals surface area contributed by atoms with Crippen LogP contribution in [0.2, 0.25) is 0 Å². The van der Waals surface area contributed by atoms with E-state index in [1.165, 1.54) is 0 Å². The molecular weight excluding hydrogens is 164 g/mol. The van der Waals surface area contributed by atoms with Gasteiger partial charge in [-0.15, -0.1) is 0 Å². The summed E-state index contributed by atoms with van der Waals surface area (Å²) in [6.07, 6.45) is 0. The summed E-state index contributed by atoms with van der Waals surface area (Å²) in [5, 5.41) is 9.96. The van der Waals surface area contributed by atoms with Crippen molar-refractivity contribution in [2.75, 3.05) is 12.3 Å². The third kappa shape index (κ3) is 1.27. The van der Waals surface area contributed by atoms with Gasteiger partial charge in [0.1, 0.15) is 5.82 Å². The summed E-state index contributed by atoms with van der Waals surface area (Å²) in [7, 11) is 0. The number of aliphatic hydroxyl groups excluding tert-OH is 1. The Kier molecular flexibility index (Phi) is 1.94. The van der Waals surface area contributed by atoms with E-state index in [2.05, 4.69) is 0 Å². The van der Waals surface area contributed by atoms with Crippen LogP contribution in [0.25, 0.3) is 10.9 Å². The minimum Gasteiger partial charge on any atom is -0.395 e. The van der Waals surface area contributed by atoms with Crippen LogP contribution in [0.4, 0.5) is 5.82 Å². The number of anilines is 1. The van der Waals surface area contributed by atoms with Crippen molar-refractivity contribution in [2.45, 2.75) is 6.54 Å². The van der Waals surface area contributed by atoms with E-state index in [4.69, 9.17) is 10.8 Å². The summed E-state index contributed by atoms with van der Waals surface area (Å²) in [5.74, 6) is 0.704. The largest absolute Gasteiger partial charge is 0.395 e. The lowest BCUT2D eigenvalue weighted by atomic mass is 10.2. The molecule has 3 heteroatoms. The normalized spacial score (nSPS) is 10.8. The number of nitrogens with zero attached hydrogens (tertiary/aromatic N) is 1. The smallest absolute Gasteiger partial charge is 0.104 e. The van der Waals surface area contributed by atoms with Gasteiger partial charge in [0.25, 0.3) is 0 Å². The second kappa shape index (κ2) is 3.11. The molecule has 0 radical (unpaired) electrons. The van der Waals surface area contributed by atoms with Gasteiger partial charge in [-0.05, 0) is 12.1 Å². The molecule has 3 nitrogen and oxygen atoms in total. The van der Waals surface area contributed by atoms with E-state index in [0.29, 0.717) is 12.4 Å². The highest BCUT2D eigenvalue weighted by Crippen LogP contribution is 2.20. The molecule has 0 saturated carbocycles. The number of hydrogen-bond donors (Lipinski definition) is 2. The van der Waals surface area contributed by atoms with Gasteiger partial charge in [-0.2, -0.15) is 0 Å². The van der Waals surface area contributed by atoms with Crippen molar-refractivity contribution in [3.05, 3.63) is 30.3 Å². The molecule has 0 aliphatic heterocycles. The molecule has 0 saturated heterocycles. The molecular formula is C10H12N2O. The Bertz CT molecular complexity index is 420. The molecule has 1 aromatic heterocycles. The van der Waals surface area contributed by atoms with Crippen molar-refractivity contribution in [2.24, 2.45) is 0 Å². The third-order valence-corrected chi connectivity index (χ3v) is 2.17. The molecule has 0 atom stereocenters. The Morgan fingerprint density at radius 1 is 1.31 bits per heavy atom. The zero-order valence-corrected chi connectivity index (χ0v) is 7.27. The fraction of sp³-hybridized carbons (Fsp3) is 0.200. The molecule has 0 spiro atoms. The quantitative estimate of drug-likeness (QED) is 0.722. The van der Waals surface area contributed by atoms with Crippen LogP contribution in [0.1, 0.15) is 0 Å². The lowest BCUT2D eigenvalue weighted by molar-refractivity contribution is 0.279. The van der Waals surface area contributed by atoms with E-state index in [-0.39, 0.29) is 6.61 Å². The van der Waals surface area contributed by atoms with Crippen LogP contribution in [0, 0.1) is 0 Å². The van der Waals surface area contributed by atoms with Gasteiger partial charge < -0.3 is 15.4 Å². The number of nitrogen functional groups attached to an aromatic ring is 1. The zero-order chi connectivity index (χ0) is 9.26. The van der Waals surface area contributed by atoms with Crippen LogP contribution < -0.4 is 5.73 Å². The minimum atomic E-state index is 0.114. The van der Waals surface area contributed by atoms with Crippen LogP contribution in [-0.4, -0.2) is 16.3 Å². The maximum atomic E-state index is 8.85. The van der Waals surface area contributed by atoms with Crippen molar-refractivity contribution < 1.29 is 5.11 Å². The molecule has 68 valence electrons. The molecule has 0 aliphatic rings. The summed E-state index contributed by atoms with van der Waals surface area (Å²) >= 11 is 0. The van der Waals surface area contributed by atoms with Crippen LogP contribution >= 0.6 is 0 Å². The van der Waals surface area contributed by atoms with E-state index >= 15 is 0 Å². The maximum absolute atomic E-state index is 8.85. The Balaban J connectivity index is 2.64. The fourth-order valence-electron chi connectivity index (χ4n) is 1.58. The summed E-state index contributed by atoms with van der Waals surface area (Å²) in [5.41, 5.74) is 6.87. The first kappa shape index (κ1) is 8.13. The summed E-state index contributed by atoms with van der Waals surface area (Å²) < 4.78 is 1.91. The number of hydrogen-bond acceptors (Lipinski definition) is 2. The number of para-hydroxylation sites is 1. The number of nitrogens with two attached hydrogens (primary N) is 1. The second-order valence-electron chi connectivity index (χ2n) is 3.00. The number of rotatable bonds is 2. The van der Waals surface area contributed by atoms with Crippen LogP contribution in [0.15, 0.2) is 30.3 Å². The monoisotopic (exact) mass is 176 g/mol.